The number of anilines is 2. The van der Waals surface area contributed by atoms with Gasteiger partial charge in [-0.2, -0.15) is 0 Å². The number of ether oxygens (including phenoxy) is 1. The van der Waals surface area contributed by atoms with Crippen LogP contribution in [-0.4, -0.2) is 36.6 Å². The highest BCUT2D eigenvalue weighted by molar-refractivity contribution is 7.15. The lowest BCUT2D eigenvalue weighted by Gasteiger charge is -2.20. The van der Waals surface area contributed by atoms with Crippen molar-refractivity contribution in [3.8, 4) is 5.75 Å². The number of amides is 2. The summed E-state index contributed by atoms with van der Waals surface area (Å²) in [5.74, 6) is 0.700. The molecule has 0 spiro atoms. The number of rotatable bonds is 3. The van der Waals surface area contributed by atoms with Crippen molar-refractivity contribution >= 4 is 28.2 Å². The second kappa shape index (κ2) is 6.33. The zero-order chi connectivity index (χ0) is 15.5. The molecular weight excluding hydrogens is 300 g/mol. The highest BCUT2D eigenvalue weighted by Crippen LogP contribution is 2.27. The van der Waals surface area contributed by atoms with Gasteiger partial charge in [0, 0.05) is 36.1 Å². The van der Waals surface area contributed by atoms with E-state index in [1.807, 2.05) is 18.2 Å². The second-order valence-corrected chi connectivity index (χ2v) is 6.27. The number of fused-ring (bicyclic) bond motifs is 1. The largest absolute Gasteiger partial charge is 0.497 e. The first-order chi connectivity index (χ1) is 10.6. The molecule has 2 aromatic rings. The number of urea groups is 1. The molecule has 0 fully saturated rings. The number of aromatic nitrogens is 1. The van der Waals surface area contributed by atoms with Crippen LogP contribution in [0.15, 0.2) is 24.3 Å². The van der Waals surface area contributed by atoms with Crippen LogP contribution >= 0.6 is 11.3 Å². The summed E-state index contributed by atoms with van der Waals surface area (Å²) in [4.78, 5) is 20.0. The first-order valence-electron chi connectivity index (χ1n) is 7.03. The van der Waals surface area contributed by atoms with Gasteiger partial charge in [-0.25, -0.2) is 9.78 Å². The smallest absolute Gasteiger partial charge is 0.325 e. The highest BCUT2D eigenvalue weighted by atomic mass is 32.1. The molecule has 0 saturated carbocycles. The van der Waals surface area contributed by atoms with Crippen LogP contribution in [0.4, 0.5) is 15.6 Å². The van der Waals surface area contributed by atoms with E-state index < -0.39 is 0 Å². The first kappa shape index (κ1) is 14.8. The van der Waals surface area contributed by atoms with Gasteiger partial charge in [-0.3, -0.25) is 5.32 Å². The van der Waals surface area contributed by atoms with Crippen LogP contribution in [0, 0.1) is 0 Å². The SMILES string of the molecule is COc1cccc(NC(=O)Nc2nc3c(s2)CN(C)CC3)c1. The minimum atomic E-state index is -0.298. The van der Waals surface area contributed by atoms with Crippen LogP contribution in [0.3, 0.4) is 0 Å². The Balaban J connectivity index is 1.64. The van der Waals surface area contributed by atoms with Gasteiger partial charge in [-0.05, 0) is 19.2 Å². The van der Waals surface area contributed by atoms with Gasteiger partial charge in [0.2, 0.25) is 0 Å². The quantitative estimate of drug-likeness (QED) is 0.913. The molecule has 2 N–H and O–H groups in total. The number of benzene rings is 1. The lowest BCUT2D eigenvalue weighted by molar-refractivity contribution is 0.262. The number of carbonyl (C=O) groups is 1. The predicted molar refractivity (Wildman–Crippen MR) is 87.8 cm³/mol. The summed E-state index contributed by atoms with van der Waals surface area (Å²) in [5.41, 5.74) is 1.78. The van der Waals surface area contributed by atoms with Gasteiger partial charge in [0.1, 0.15) is 5.75 Å². The van der Waals surface area contributed by atoms with Gasteiger partial charge in [-0.15, -0.1) is 11.3 Å². The Labute approximate surface area is 133 Å². The van der Waals surface area contributed by atoms with Gasteiger partial charge < -0.3 is 15.0 Å². The monoisotopic (exact) mass is 318 g/mol. The van der Waals surface area contributed by atoms with Crippen molar-refractivity contribution in [2.45, 2.75) is 13.0 Å². The third-order valence-electron chi connectivity index (χ3n) is 3.47. The maximum Gasteiger partial charge on any atom is 0.325 e. The van der Waals surface area contributed by atoms with E-state index in [9.17, 15) is 4.79 Å². The van der Waals surface area contributed by atoms with Gasteiger partial charge in [0.25, 0.3) is 0 Å². The Kier molecular flexibility index (Phi) is 4.26. The second-order valence-electron chi connectivity index (χ2n) is 5.19. The number of hydrogen-bond donors (Lipinski definition) is 2. The van der Waals surface area contributed by atoms with E-state index in [0.29, 0.717) is 16.6 Å². The average molecular weight is 318 g/mol. The maximum absolute atomic E-state index is 12.1. The van der Waals surface area contributed by atoms with E-state index in [4.69, 9.17) is 4.74 Å². The third-order valence-corrected chi connectivity index (χ3v) is 4.47. The fourth-order valence-electron chi connectivity index (χ4n) is 2.34. The molecule has 0 bridgehead atoms. The topological polar surface area (TPSA) is 66.5 Å². The summed E-state index contributed by atoms with van der Waals surface area (Å²) in [6.07, 6.45) is 0.932. The Hall–Kier alpha value is -2.12. The zero-order valence-electron chi connectivity index (χ0n) is 12.5. The molecule has 1 aliphatic rings. The number of likely N-dealkylation sites (N-methyl/N-ethyl adjacent to an activating group) is 1. The van der Waals surface area contributed by atoms with Crippen molar-refractivity contribution < 1.29 is 9.53 Å². The number of hydrogen-bond acceptors (Lipinski definition) is 5. The number of carbonyl (C=O) groups excluding carboxylic acids is 1. The molecule has 0 aliphatic carbocycles. The summed E-state index contributed by atoms with van der Waals surface area (Å²) in [6.45, 7) is 1.90. The highest BCUT2D eigenvalue weighted by Gasteiger charge is 2.19. The summed E-state index contributed by atoms with van der Waals surface area (Å²) >= 11 is 1.54. The Morgan fingerprint density at radius 2 is 2.27 bits per heavy atom. The van der Waals surface area contributed by atoms with Crippen molar-refractivity contribution in [3.63, 3.8) is 0 Å². The number of thiazole rings is 1. The molecule has 0 unspecified atom stereocenters. The molecule has 2 amide bonds. The molecule has 22 heavy (non-hydrogen) atoms. The number of nitrogens with one attached hydrogen (secondary N) is 2. The van der Waals surface area contributed by atoms with Crippen LogP contribution in [0.2, 0.25) is 0 Å². The Bertz CT molecular complexity index is 686. The minimum absolute atomic E-state index is 0.298. The summed E-state index contributed by atoms with van der Waals surface area (Å²) < 4.78 is 5.13. The van der Waals surface area contributed by atoms with Crippen molar-refractivity contribution in [2.24, 2.45) is 0 Å². The Morgan fingerprint density at radius 3 is 3.09 bits per heavy atom. The van der Waals surface area contributed by atoms with Crippen molar-refractivity contribution in [2.75, 3.05) is 31.3 Å². The van der Waals surface area contributed by atoms with E-state index in [2.05, 4.69) is 27.6 Å². The normalized spacial score (nSPS) is 14.3. The predicted octanol–water partition coefficient (Wildman–Crippen LogP) is 2.78. The maximum atomic E-state index is 12.1. The molecule has 1 aromatic carbocycles. The van der Waals surface area contributed by atoms with Crippen molar-refractivity contribution in [1.29, 1.82) is 0 Å². The summed E-state index contributed by atoms with van der Waals surface area (Å²) in [6, 6.07) is 6.93. The molecule has 2 heterocycles. The molecule has 116 valence electrons. The average Bonchev–Trinajstić information content (AvgIpc) is 2.88. The standard InChI is InChI=1S/C15H18N4O2S/c1-19-7-6-12-13(9-19)22-15(17-12)18-14(20)16-10-4-3-5-11(8-10)21-2/h3-5,8H,6-7,9H2,1-2H3,(H2,16,17,18,20). The van der Waals surface area contributed by atoms with Crippen LogP contribution in [0.1, 0.15) is 10.6 Å². The molecule has 1 aromatic heterocycles. The van der Waals surface area contributed by atoms with E-state index in [-0.39, 0.29) is 6.03 Å². The van der Waals surface area contributed by atoms with Crippen molar-refractivity contribution in [3.05, 3.63) is 34.8 Å². The molecule has 0 saturated heterocycles. The molecule has 1 aliphatic heterocycles. The molecule has 0 radical (unpaired) electrons. The van der Waals surface area contributed by atoms with Gasteiger partial charge in [0.15, 0.2) is 5.13 Å². The molecular formula is C15H18N4O2S. The number of methoxy groups -OCH3 is 1. The van der Waals surface area contributed by atoms with E-state index >= 15 is 0 Å². The van der Waals surface area contributed by atoms with Gasteiger partial charge >= 0.3 is 6.03 Å². The number of nitrogens with zero attached hydrogens (tertiary/aromatic N) is 2. The zero-order valence-corrected chi connectivity index (χ0v) is 13.4. The molecule has 3 rings (SSSR count). The van der Waals surface area contributed by atoms with E-state index in [1.165, 1.54) is 16.2 Å². The fourth-order valence-corrected chi connectivity index (χ4v) is 3.42. The van der Waals surface area contributed by atoms with Crippen LogP contribution in [0.5, 0.6) is 5.75 Å². The Morgan fingerprint density at radius 1 is 1.41 bits per heavy atom. The van der Waals surface area contributed by atoms with E-state index in [1.54, 1.807) is 13.2 Å². The lowest BCUT2D eigenvalue weighted by Crippen LogP contribution is -2.25. The fraction of sp³-hybridized carbons (Fsp3) is 0.333. The third kappa shape index (κ3) is 3.37. The van der Waals surface area contributed by atoms with Gasteiger partial charge in [0.05, 0.1) is 12.8 Å². The first-order valence-corrected chi connectivity index (χ1v) is 7.85. The van der Waals surface area contributed by atoms with Crippen LogP contribution < -0.4 is 15.4 Å². The summed E-state index contributed by atoms with van der Waals surface area (Å²) in [7, 11) is 3.68. The van der Waals surface area contributed by atoms with Crippen LogP contribution in [-0.2, 0) is 13.0 Å². The van der Waals surface area contributed by atoms with Crippen molar-refractivity contribution in [1.82, 2.24) is 9.88 Å². The molecule has 0 atom stereocenters. The van der Waals surface area contributed by atoms with Gasteiger partial charge in [-0.1, -0.05) is 6.07 Å². The molecule has 6 nitrogen and oxygen atoms in total. The lowest BCUT2D eigenvalue weighted by atomic mass is 10.2. The molecule has 7 heteroatoms. The van der Waals surface area contributed by atoms with Crippen LogP contribution in [0.25, 0.3) is 0 Å². The summed E-state index contributed by atoms with van der Waals surface area (Å²) in [5, 5.41) is 6.22. The van der Waals surface area contributed by atoms with E-state index in [0.717, 1.165) is 25.2 Å². The minimum Gasteiger partial charge on any atom is -0.497 e.